The lowest BCUT2D eigenvalue weighted by atomic mass is 9.88. The molecule has 0 aromatic rings. The first-order valence-electron chi connectivity index (χ1n) is 9.54. The Kier molecular flexibility index (Phi) is 5.30. The first-order valence-corrected chi connectivity index (χ1v) is 11.7. The molecule has 2 rings (SSSR count). The van der Waals surface area contributed by atoms with Crippen LogP contribution in [0, 0.1) is 17.3 Å². The monoisotopic (exact) mass is 338 g/mol. The summed E-state index contributed by atoms with van der Waals surface area (Å²) in [5, 5.41) is 0. The van der Waals surface area contributed by atoms with E-state index in [1.54, 1.807) is 0 Å². The molecule has 2 nitrogen and oxygen atoms in total. The van der Waals surface area contributed by atoms with Gasteiger partial charge in [0.15, 0.2) is 0 Å². The molecule has 1 heterocycles. The number of hydrogen-bond acceptors (Lipinski definition) is 2. The molecule has 134 valence electrons. The van der Waals surface area contributed by atoms with Crippen LogP contribution >= 0.6 is 0 Å². The van der Waals surface area contributed by atoms with E-state index >= 15 is 0 Å². The van der Waals surface area contributed by atoms with Crippen molar-refractivity contribution in [3.05, 3.63) is 11.5 Å². The highest BCUT2D eigenvalue weighted by Gasteiger charge is 2.50. The van der Waals surface area contributed by atoms with Crippen molar-refractivity contribution in [2.24, 2.45) is 17.3 Å². The second-order valence-corrected chi connectivity index (χ2v) is 15.0. The van der Waals surface area contributed by atoms with E-state index in [2.05, 4.69) is 62.3 Å². The van der Waals surface area contributed by atoms with E-state index in [-0.39, 0.29) is 0 Å². The Morgan fingerprint density at radius 2 is 1.52 bits per heavy atom. The number of ether oxygens (including phenoxy) is 1. The van der Waals surface area contributed by atoms with Crippen LogP contribution in [0.1, 0.15) is 75.2 Å². The van der Waals surface area contributed by atoms with Gasteiger partial charge in [-0.2, -0.15) is 0 Å². The summed E-state index contributed by atoms with van der Waals surface area (Å²) in [6.07, 6.45) is 2.56. The highest BCUT2D eigenvalue weighted by molar-refractivity contribution is 6.77. The van der Waals surface area contributed by atoms with Gasteiger partial charge >= 0.3 is 0 Å². The Morgan fingerprint density at radius 1 is 1.00 bits per heavy atom. The zero-order valence-corrected chi connectivity index (χ0v) is 17.8. The minimum Gasteiger partial charge on any atom is -0.518 e. The second-order valence-electron chi connectivity index (χ2n) is 9.64. The number of rotatable bonds is 5. The van der Waals surface area contributed by atoms with Gasteiger partial charge in [-0.15, -0.1) is 0 Å². The van der Waals surface area contributed by atoms with Crippen LogP contribution in [0.5, 0.6) is 0 Å². The van der Waals surface area contributed by atoms with Gasteiger partial charge < -0.3 is 9.16 Å². The molecule has 2 aliphatic rings. The van der Waals surface area contributed by atoms with E-state index in [1.165, 1.54) is 18.4 Å². The number of fused-ring (bicyclic) bond motifs is 1. The summed E-state index contributed by atoms with van der Waals surface area (Å²) >= 11 is 0. The molecule has 23 heavy (non-hydrogen) atoms. The molecule has 1 aliphatic carbocycles. The van der Waals surface area contributed by atoms with Crippen molar-refractivity contribution in [1.29, 1.82) is 0 Å². The van der Waals surface area contributed by atoms with Crippen LogP contribution in [0.15, 0.2) is 11.5 Å². The van der Waals surface area contributed by atoms with Crippen LogP contribution < -0.4 is 0 Å². The average molecular weight is 339 g/mol. The maximum Gasteiger partial charge on any atom is 0.264 e. The van der Waals surface area contributed by atoms with Crippen molar-refractivity contribution < 1.29 is 9.16 Å². The van der Waals surface area contributed by atoms with Gasteiger partial charge in [0.2, 0.25) is 0 Å². The Bertz CT molecular complexity index is 440. The standard InChI is InChI=1S/C20H38O2Si/c1-13(2)23(14(3)4,15(5)6)22-19-16(7)18-11-20(8,9)10-17(18)12-21-19/h13-15,17-18H,10-12H2,1-9H3/t17-,18+/m0/s1. The zero-order chi connectivity index (χ0) is 17.6. The third-order valence-corrected chi connectivity index (χ3v) is 12.4. The van der Waals surface area contributed by atoms with Gasteiger partial charge in [0.25, 0.3) is 14.3 Å². The lowest BCUT2D eigenvalue weighted by Crippen LogP contribution is -2.48. The third-order valence-electron chi connectivity index (χ3n) is 6.44. The molecule has 2 atom stereocenters. The summed E-state index contributed by atoms with van der Waals surface area (Å²) in [7, 11) is -1.92. The van der Waals surface area contributed by atoms with E-state index in [9.17, 15) is 0 Å². The van der Waals surface area contributed by atoms with Crippen molar-refractivity contribution in [3.63, 3.8) is 0 Å². The predicted octanol–water partition coefficient (Wildman–Crippen LogP) is 6.49. The van der Waals surface area contributed by atoms with Crippen LogP contribution in [0.3, 0.4) is 0 Å². The topological polar surface area (TPSA) is 18.5 Å². The van der Waals surface area contributed by atoms with E-state index < -0.39 is 8.32 Å². The molecule has 0 N–H and O–H groups in total. The van der Waals surface area contributed by atoms with Gasteiger partial charge in [-0.05, 0) is 47.7 Å². The van der Waals surface area contributed by atoms with E-state index in [0.717, 1.165) is 12.6 Å². The van der Waals surface area contributed by atoms with E-state index in [0.29, 0.717) is 33.9 Å². The molecule has 0 radical (unpaired) electrons. The Labute approximate surface area is 145 Å². The van der Waals surface area contributed by atoms with Gasteiger partial charge in [0, 0.05) is 11.5 Å². The fourth-order valence-corrected chi connectivity index (χ4v) is 10.7. The summed E-state index contributed by atoms with van der Waals surface area (Å²) < 4.78 is 13.0. The number of hydrogen-bond donors (Lipinski definition) is 0. The fraction of sp³-hybridized carbons (Fsp3) is 0.900. The molecule has 0 aromatic heterocycles. The molecule has 1 saturated carbocycles. The van der Waals surface area contributed by atoms with Crippen LogP contribution in [-0.4, -0.2) is 14.9 Å². The van der Waals surface area contributed by atoms with Crippen molar-refractivity contribution in [3.8, 4) is 0 Å². The smallest absolute Gasteiger partial charge is 0.264 e. The lowest BCUT2D eigenvalue weighted by molar-refractivity contribution is 0.0374. The van der Waals surface area contributed by atoms with Crippen LogP contribution in [0.25, 0.3) is 0 Å². The Balaban J connectivity index is 2.32. The van der Waals surface area contributed by atoms with Crippen molar-refractivity contribution in [1.82, 2.24) is 0 Å². The second kappa shape index (κ2) is 6.46. The molecule has 1 aliphatic heterocycles. The summed E-state index contributed by atoms with van der Waals surface area (Å²) in [5.41, 5.74) is 3.58. The molecular formula is C20H38O2Si. The maximum atomic E-state index is 6.85. The van der Waals surface area contributed by atoms with E-state index in [1.807, 2.05) is 0 Å². The molecule has 1 fully saturated rings. The normalized spacial score (nSPS) is 27.7. The molecule has 0 saturated heterocycles. The van der Waals surface area contributed by atoms with Crippen LogP contribution in [0.4, 0.5) is 0 Å². The minimum atomic E-state index is -1.92. The first-order chi connectivity index (χ1) is 10.5. The zero-order valence-electron chi connectivity index (χ0n) is 16.8. The lowest BCUT2D eigenvalue weighted by Gasteiger charge is -2.44. The maximum absolute atomic E-state index is 6.85. The summed E-state index contributed by atoms with van der Waals surface area (Å²) in [4.78, 5) is 0. The highest BCUT2D eigenvalue weighted by Crippen LogP contribution is 2.52. The molecule has 0 unspecified atom stereocenters. The quantitative estimate of drug-likeness (QED) is 0.533. The highest BCUT2D eigenvalue weighted by atomic mass is 28.4. The predicted molar refractivity (Wildman–Crippen MR) is 101 cm³/mol. The SMILES string of the molecule is CC1=C(O[Si](C(C)C)(C(C)C)C(C)C)OC[C@@H]2CC(C)(C)C[C@H]12. The Hall–Kier alpha value is -0.443. The first kappa shape index (κ1) is 18.9. The van der Waals surface area contributed by atoms with Gasteiger partial charge in [0.05, 0.1) is 6.61 Å². The largest absolute Gasteiger partial charge is 0.518 e. The van der Waals surface area contributed by atoms with Crippen molar-refractivity contribution >= 4 is 8.32 Å². The molecule has 3 heteroatoms. The van der Waals surface area contributed by atoms with Gasteiger partial charge in [-0.3, -0.25) is 0 Å². The molecule has 0 amide bonds. The van der Waals surface area contributed by atoms with Gasteiger partial charge in [-0.25, -0.2) is 0 Å². The minimum absolute atomic E-state index is 0.443. The average Bonchev–Trinajstić information content (AvgIpc) is 2.72. The Morgan fingerprint density at radius 3 is 2.00 bits per heavy atom. The fourth-order valence-electron chi connectivity index (χ4n) is 5.45. The summed E-state index contributed by atoms with van der Waals surface area (Å²) in [6, 6.07) is 0. The molecular weight excluding hydrogens is 300 g/mol. The summed E-state index contributed by atoms with van der Waals surface area (Å²) in [5.74, 6) is 2.24. The molecule has 0 spiro atoms. The van der Waals surface area contributed by atoms with E-state index in [4.69, 9.17) is 9.16 Å². The summed E-state index contributed by atoms with van der Waals surface area (Å²) in [6.45, 7) is 21.9. The number of allylic oxidation sites excluding steroid dienone is 1. The van der Waals surface area contributed by atoms with Crippen molar-refractivity contribution in [2.45, 2.75) is 91.8 Å². The van der Waals surface area contributed by atoms with Crippen molar-refractivity contribution in [2.75, 3.05) is 6.61 Å². The molecule has 0 aromatic carbocycles. The van der Waals surface area contributed by atoms with Crippen LogP contribution in [0.2, 0.25) is 16.6 Å². The van der Waals surface area contributed by atoms with Crippen LogP contribution in [-0.2, 0) is 9.16 Å². The van der Waals surface area contributed by atoms with Gasteiger partial charge in [0.1, 0.15) is 0 Å². The molecule has 0 bridgehead atoms. The van der Waals surface area contributed by atoms with Gasteiger partial charge in [-0.1, -0.05) is 55.4 Å². The third kappa shape index (κ3) is 3.36.